The fourth-order valence-electron chi connectivity index (χ4n) is 2.62. The highest BCUT2D eigenvalue weighted by Gasteiger charge is 2.14. The van der Waals surface area contributed by atoms with Gasteiger partial charge in [0.25, 0.3) is 5.91 Å². The van der Waals surface area contributed by atoms with E-state index in [1.807, 2.05) is 12.1 Å². The van der Waals surface area contributed by atoms with Gasteiger partial charge in [-0.15, -0.1) is 0 Å². The van der Waals surface area contributed by atoms with Gasteiger partial charge >= 0.3 is 0 Å². The number of primary amides is 1. The van der Waals surface area contributed by atoms with Gasteiger partial charge in [-0.05, 0) is 36.8 Å². The normalized spacial score (nSPS) is 10.6. The Morgan fingerprint density at radius 2 is 1.80 bits per heavy atom. The van der Waals surface area contributed by atoms with Crippen LogP contribution in [0, 0.1) is 6.92 Å². The molecule has 1 aromatic heterocycles. The van der Waals surface area contributed by atoms with E-state index >= 15 is 0 Å². The second-order valence-electron chi connectivity index (χ2n) is 5.50. The molecular weight excluding hydrogens is 322 g/mol. The average molecular weight is 339 g/mol. The summed E-state index contributed by atoms with van der Waals surface area (Å²) in [6.07, 6.45) is 0. The summed E-state index contributed by atoms with van der Waals surface area (Å²) >= 11 is 0. The predicted octanol–water partition coefficient (Wildman–Crippen LogP) is 2.64. The first-order valence-corrected chi connectivity index (χ1v) is 7.62. The molecule has 0 aliphatic heterocycles. The van der Waals surface area contributed by atoms with Crippen molar-refractivity contribution < 1.29 is 18.7 Å². The van der Waals surface area contributed by atoms with Crippen molar-refractivity contribution in [2.24, 2.45) is 5.73 Å². The monoisotopic (exact) mass is 339 g/mol. The highest BCUT2D eigenvalue weighted by molar-refractivity contribution is 5.84. The molecule has 2 N–H and O–H groups in total. The van der Waals surface area contributed by atoms with Crippen molar-refractivity contribution in [3.05, 3.63) is 58.4 Å². The van der Waals surface area contributed by atoms with Crippen molar-refractivity contribution in [1.29, 1.82) is 0 Å². The van der Waals surface area contributed by atoms with E-state index in [4.69, 9.17) is 19.6 Å². The van der Waals surface area contributed by atoms with Crippen LogP contribution in [0.5, 0.6) is 11.5 Å². The van der Waals surface area contributed by atoms with E-state index in [1.165, 1.54) is 0 Å². The fraction of sp³-hybridized carbons (Fsp3) is 0.158. The molecule has 0 radical (unpaired) electrons. The second kappa shape index (κ2) is 6.68. The molecule has 0 saturated heterocycles. The first kappa shape index (κ1) is 16.6. The first-order chi connectivity index (χ1) is 12.0. The zero-order valence-corrected chi connectivity index (χ0v) is 13.9. The van der Waals surface area contributed by atoms with Crippen LogP contribution in [-0.2, 0) is 4.79 Å². The first-order valence-electron chi connectivity index (χ1n) is 7.62. The van der Waals surface area contributed by atoms with Crippen LogP contribution in [0.3, 0.4) is 0 Å². The van der Waals surface area contributed by atoms with E-state index in [9.17, 15) is 9.59 Å². The maximum atomic E-state index is 12.9. The number of hydrogen-bond donors (Lipinski definition) is 1. The minimum absolute atomic E-state index is 0.134. The fourth-order valence-corrected chi connectivity index (χ4v) is 2.62. The molecule has 2 aromatic carbocycles. The summed E-state index contributed by atoms with van der Waals surface area (Å²) in [6, 6.07) is 12.0. The molecule has 128 valence electrons. The van der Waals surface area contributed by atoms with Crippen molar-refractivity contribution >= 4 is 16.9 Å². The number of carbonyl (C=O) groups excluding carboxylic acids is 1. The van der Waals surface area contributed by atoms with Crippen LogP contribution in [-0.4, -0.2) is 19.6 Å². The van der Waals surface area contributed by atoms with Gasteiger partial charge in [0.15, 0.2) is 6.61 Å². The van der Waals surface area contributed by atoms with E-state index < -0.39 is 5.91 Å². The standard InChI is InChI=1S/C19H17NO5/c1-11-18(12-3-5-13(23-2)6-4-12)19(22)15-8-7-14(9-16(15)25-11)24-10-17(20)21/h3-9H,10H2,1-2H3,(H2,20,21). The Kier molecular flexibility index (Phi) is 4.43. The number of ether oxygens (including phenoxy) is 2. The Bertz CT molecular complexity index is 989. The van der Waals surface area contributed by atoms with Crippen LogP contribution in [0.1, 0.15) is 5.76 Å². The third kappa shape index (κ3) is 3.33. The van der Waals surface area contributed by atoms with Crippen LogP contribution < -0.4 is 20.6 Å². The van der Waals surface area contributed by atoms with E-state index in [1.54, 1.807) is 44.4 Å². The lowest BCUT2D eigenvalue weighted by Crippen LogP contribution is -2.20. The third-order valence-corrected chi connectivity index (χ3v) is 3.80. The zero-order valence-electron chi connectivity index (χ0n) is 13.9. The van der Waals surface area contributed by atoms with Gasteiger partial charge in [-0.1, -0.05) is 12.1 Å². The summed E-state index contributed by atoms with van der Waals surface area (Å²) in [6.45, 7) is 1.50. The number of carbonyl (C=O) groups is 1. The Morgan fingerprint density at radius 1 is 1.12 bits per heavy atom. The summed E-state index contributed by atoms with van der Waals surface area (Å²) in [5, 5.41) is 0.433. The van der Waals surface area contributed by atoms with Crippen molar-refractivity contribution in [3.63, 3.8) is 0 Å². The number of fused-ring (bicyclic) bond motifs is 1. The number of amides is 1. The summed E-state index contributed by atoms with van der Waals surface area (Å²) in [7, 11) is 1.59. The van der Waals surface area contributed by atoms with Crippen molar-refractivity contribution in [3.8, 4) is 22.6 Å². The van der Waals surface area contributed by atoms with Crippen LogP contribution >= 0.6 is 0 Å². The van der Waals surface area contributed by atoms with Crippen LogP contribution in [0.15, 0.2) is 51.7 Å². The van der Waals surface area contributed by atoms with Crippen LogP contribution in [0.25, 0.3) is 22.1 Å². The van der Waals surface area contributed by atoms with Crippen molar-refractivity contribution in [1.82, 2.24) is 0 Å². The maximum absolute atomic E-state index is 12.9. The molecule has 1 heterocycles. The number of aryl methyl sites for hydroxylation is 1. The number of benzene rings is 2. The molecule has 6 nitrogen and oxygen atoms in total. The predicted molar refractivity (Wildman–Crippen MR) is 93.9 cm³/mol. The zero-order chi connectivity index (χ0) is 18.0. The Labute approximate surface area is 143 Å². The number of nitrogens with two attached hydrogens (primary N) is 1. The largest absolute Gasteiger partial charge is 0.497 e. The van der Waals surface area contributed by atoms with E-state index in [2.05, 4.69) is 0 Å². The van der Waals surface area contributed by atoms with Gasteiger partial charge in [0.05, 0.1) is 18.1 Å². The molecule has 0 spiro atoms. The minimum Gasteiger partial charge on any atom is -0.497 e. The summed E-state index contributed by atoms with van der Waals surface area (Å²) < 4.78 is 16.2. The quantitative estimate of drug-likeness (QED) is 0.771. The minimum atomic E-state index is -0.576. The molecule has 25 heavy (non-hydrogen) atoms. The maximum Gasteiger partial charge on any atom is 0.255 e. The molecule has 1 amide bonds. The average Bonchev–Trinajstić information content (AvgIpc) is 2.60. The molecule has 0 aliphatic rings. The highest BCUT2D eigenvalue weighted by Crippen LogP contribution is 2.27. The van der Waals surface area contributed by atoms with E-state index in [0.29, 0.717) is 33.8 Å². The molecular formula is C19H17NO5. The van der Waals surface area contributed by atoms with Gasteiger partial charge in [-0.3, -0.25) is 9.59 Å². The van der Waals surface area contributed by atoms with Gasteiger partial charge in [-0.25, -0.2) is 0 Å². The van der Waals surface area contributed by atoms with E-state index in [-0.39, 0.29) is 12.0 Å². The van der Waals surface area contributed by atoms with Gasteiger partial charge < -0.3 is 19.6 Å². The van der Waals surface area contributed by atoms with Gasteiger partial charge in [0, 0.05) is 6.07 Å². The number of rotatable bonds is 5. The lowest BCUT2D eigenvalue weighted by Gasteiger charge is -2.09. The lowest BCUT2D eigenvalue weighted by molar-refractivity contribution is -0.119. The van der Waals surface area contributed by atoms with Crippen LogP contribution in [0.4, 0.5) is 0 Å². The Hall–Kier alpha value is -3.28. The molecule has 3 rings (SSSR count). The number of methoxy groups -OCH3 is 1. The third-order valence-electron chi connectivity index (χ3n) is 3.80. The molecule has 0 unspecified atom stereocenters. The second-order valence-corrected chi connectivity index (χ2v) is 5.50. The van der Waals surface area contributed by atoms with Crippen molar-refractivity contribution in [2.75, 3.05) is 13.7 Å². The topological polar surface area (TPSA) is 91.8 Å². The molecule has 0 bridgehead atoms. The lowest BCUT2D eigenvalue weighted by atomic mass is 10.0. The number of hydrogen-bond acceptors (Lipinski definition) is 5. The SMILES string of the molecule is COc1ccc(-c2c(C)oc3cc(OCC(N)=O)ccc3c2=O)cc1. The summed E-state index contributed by atoms with van der Waals surface area (Å²) in [4.78, 5) is 23.7. The molecule has 3 aromatic rings. The Morgan fingerprint density at radius 3 is 2.44 bits per heavy atom. The Balaban J connectivity index is 2.07. The van der Waals surface area contributed by atoms with Gasteiger partial charge in [0.2, 0.25) is 5.43 Å². The van der Waals surface area contributed by atoms with Crippen molar-refractivity contribution in [2.45, 2.75) is 6.92 Å². The summed E-state index contributed by atoms with van der Waals surface area (Å²) in [5.74, 6) is 1.04. The van der Waals surface area contributed by atoms with Gasteiger partial charge in [0.1, 0.15) is 22.8 Å². The molecule has 0 aliphatic carbocycles. The summed E-state index contributed by atoms with van der Waals surface area (Å²) in [5.41, 5.74) is 6.57. The highest BCUT2D eigenvalue weighted by atomic mass is 16.5. The van der Waals surface area contributed by atoms with E-state index in [0.717, 1.165) is 5.56 Å². The molecule has 0 saturated carbocycles. The molecule has 0 fully saturated rings. The molecule has 6 heteroatoms. The van der Waals surface area contributed by atoms with Gasteiger partial charge in [-0.2, -0.15) is 0 Å². The molecule has 0 atom stereocenters. The van der Waals surface area contributed by atoms with Crippen LogP contribution in [0.2, 0.25) is 0 Å². The smallest absolute Gasteiger partial charge is 0.255 e.